The summed E-state index contributed by atoms with van der Waals surface area (Å²) in [5, 5.41) is 9.96. The van der Waals surface area contributed by atoms with E-state index in [0.29, 0.717) is 0 Å². The molecule has 0 radical (unpaired) electrons. The Hall–Kier alpha value is -1.01. The molecule has 0 aromatic carbocycles. The molecule has 1 aromatic heterocycles. The standard InChI is InChI=1S/C13H18N2S/c1-3-6-13(2)7-4-5-10-11(13)9(8-14)12(15)16-10/h3-7,15H2,1-2H3/t13-/m0/s1. The van der Waals surface area contributed by atoms with Crippen LogP contribution in [0.2, 0.25) is 0 Å². The smallest absolute Gasteiger partial charge is 0.104 e. The Morgan fingerprint density at radius 1 is 1.56 bits per heavy atom. The summed E-state index contributed by atoms with van der Waals surface area (Å²) in [6.45, 7) is 4.50. The van der Waals surface area contributed by atoms with Gasteiger partial charge in [0, 0.05) is 4.88 Å². The van der Waals surface area contributed by atoms with Gasteiger partial charge in [0.1, 0.15) is 11.1 Å². The molecule has 0 bridgehead atoms. The van der Waals surface area contributed by atoms with Crippen LogP contribution in [0.5, 0.6) is 0 Å². The lowest BCUT2D eigenvalue weighted by Gasteiger charge is -2.34. The summed E-state index contributed by atoms with van der Waals surface area (Å²) in [7, 11) is 0. The molecule has 1 aliphatic rings. The maximum Gasteiger partial charge on any atom is 0.104 e. The van der Waals surface area contributed by atoms with Gasteiger partial charge in [-0.25, -0.2) is 0 Å². The summed E-state index contributed by atoms with van der Waals surface area (Å²) in [6, 6.07) is 2.30. The van der Waals surface area contributed by atoms with Crippen LogP contribution in [0.3, 0.4) is 0 Å². The first-order valence-corrected chi connectivity index (χ1v) is 6.75. The minimum absolute atomic E-state index is 0.182. The normalized spacial score (nSPS) is 23.8. The molecule has 0 saturated carbocycles. The van der Waals surface area contributed by atoms with Gasteiger partial charge < -0.3 is 5.73 Å². The average Bonchev–Trinajstić information content (AvgIpc) is 2.55. The Balaban J connectivity index is 2.56. The van der Waals surface area contributed by atoms with Gasteiger partial charge in [0.15, 0.2) is 0 Å². The lowest BCUT2D eigenvalue weighted by Crippen LogP contribution is -2.27. The SMILES string of the molecule is CCC[C@@]1(C)CCCc2sc(N)c(C#N)c21. The van der Waals surface area contributed by atoms with Crippen molar-refractivity contribution in [2.24, 2.45) is 0 Å². The average molecular weight is 234 g/mol. The third-order valence-corrected chi connectivity index (χ3v) is 4.74. The molecule has 2 rings (SSSR count). The van der Waals surface area contributed by atoms with Gasteiger partial charge >= 0.3 is 0 Å². The number of nitrogens with two attached hydrogens (primary N) is 1. The zero-order valence-corrected chi connectivity index (χ0v) is 10.8. The van der Waals surface area contributed by atoms with E-state index in [1.54, 1.807) is 11.3 Å². The molecule has 2 N–H and O–H groups in total. The maximum absolute atomic E-state index is 9.24. The van der Waals surface area contributed by atoms with Crippen molar-refractivity contribution < 1.29 is 0 Å². The van der Waals surface area contributed by atoms with Crippen molar-refractivity contribution in [2.75, 3.05) is 5.73 Å². The van der Waals surface area contributed by atoms with Gasteiger partial charge in [-0.05, 0) is 36.7 Å². The lowest BCUT2D eigenvalue weighted by molar-refractivity contribution is 0.366. The molecule has 0 saturated heterocycles. The van der Waals surface area contributed by atoms with E-state index in [1.165, 1.54) is 23.3 Å². The summed E-state index contributed by atoms with van der Waals surface area (Å²) in [5.74, 6) is 0. The predicted molar refractivity (Wildman–Crippen MR) is 68.6 cm³/mol. The summed E-state index contributed by atoms with van der Waals surface area (Å²) >= 11 is 1.62. The van der Waals surface area contributed by atoms with Crippen molar-refractivity contribution in [3.63, 3.8) is 0 Å². The molecular formula is C13H18N2S. The van der Waals surface area contributed by atoms with E-state index < -0.39 is 0 Å². The van der Waals surface area contributed by atoms with E-state index in [0.717, 1.165) is 29.8 Å². The van der Waals surface area contributed by atoms with E-state index in [1.807, 2.05) is 0 Å². The third kappa shape index (κ3) is 1.62. The fraction of sp³-hybridized carbons (Fsp3) is 0.615. The van der Waals surface area contributed by atoms with Crippen LogP contribution >= 0.6 is 11.3 Å². The first kappa shape index (κ1) is 11.5. The highest BCUT2D eigenvalue weighted by Crippen LogP contribution is 2.47. The fourth-order valence-corrected chi connectivity index (χ4v) is 4.20. The summed E-state index contributed by atoms with van der Waals surface area (Å²) in [6.07, 6.45) is 5.85. The highest BCUT2D eigenvalue weighted by molar-refractivity contribution is 7.16. The molecule has 1 heterocycles. The maximum atomic E-state index is 9.24. The molecule has 16 heavy (non-hydrogen) atoms. The molecule has 0 fully saturated rings. The zero-order valence-electron chi connectivity index (χ0n) is 9.97. The first-order chi connectivity index (χ1) is 7.62. The molecular weight excluding hydrogens is 216 g/mol. The van der Waals surface area contributed by atoms with Crippen molar-refractivity contribution in [3.8, 4) is 6.07 Å². The van der Waals surface area contributed by atoms with Crippen molar-refractivity contribution >= 4 is 16.3 Å². The molecule has 1 atom stereocenters. The van der Waals surface area contributed by atoms with Crippen molar-refractivity contribution in [1.29, 1.82) is 5.26 Å². The van der Waals surface area contributed by atoms with Gasteiger partial charge in [-0.2, -0.15) is 5.26 Å². The van der Waals surface area contributed by atoms with Gasteiger partial charge in [0.25, 0.3) is 0 Å². The second-order valence-corrected chi connectivity index (χ2v) is 6.05. The molecule has 0 amide bonds. The number of anilines is 1. The number of nitriles is 1. The minimum Gasteiger partial charge on any atom is -0.389 e. The number of hydrogen-bond acceptors (Lipinski definition) is 3. The van der Waals surface area contributed by atoms with Crippen LogP contribution < -0.4 is 5.73 Å². The monoisotopic (exact) mass is 234 g/mol. The van der Waals surface area contributed by atoms with Gasteiger partial charge in [-0.15, -0.1) is 11.3 Å². The molecule has 1 aromatic rings. The number of thiophene rings is 1. The Kier molecular flexibility index (Phi) is 2.94. The van der Waals surface area contributed by atoms with E-state index in [4.69, 9.17) is 5.73 Å². The number of hydrogen-bond donors (Lipinski definition) is 1. The van der Waals surface area contributed by atoms with Crippen LogP contribution in [0.1, 0.15) is 55.5 Å². The number of rotatable bonds is 2. The Morgan fingerprint density at radius 3 is 2.94 bits per heavy atom. The third-order valence-electron chi connectivity index (χ3n) is 3.66. The number of nitrogen functional groups attached to an aromatic ring is 1. The van der Waals surface area contributed by atoms with Crippen molar-refractivity contribution in [3.05, 3.63) is 16.0 Å². The number of nitrogens with zero attached hydrogens (tertiary/aromatic N) is 1. The highest BCUT2D eigenvalue weighted by atomic mass is 32.1. The van der Waals surface area contributed by atoms with Gasteiger partial charge in [0.05, 0.1) is 5.56 Å². The van der Waals surface area contributed by atoms with Crippen LogP contribution in [-0.4, -0.2) is 0 Å². The molecule has 3 heteroatoms. The highest BCUT2D eigenvalue weighted by Gasteiger charge is 2.36. The molecule has 0 unspecified atom stereocenters. The Bertz CT molecular complexity index is 442. The minimum atomic E-state index is 0.182. The van der Waals surface area contributed by atoms with Crippen LogP contribution in [0.15, 0.2) is 0 Å². The second-order valence-electron chi connectivity index (χ2n) is 4.92. The molecule has 86 valence electrons. The van der Waals surface area contributed by atoms with Gasteiger partial charge in [-0.3, -0.25) is 0 Å². The topological polar surface area (TPSA) is 49.8 Å². The van der Waals surface area contributed by atoms with E-state index in [-0.39, 0.29) is 5.41 Å². The van der Waals surface area contributed by atoms with Gasteiger partial charge in [0.2, 0.25) is 0 Å². The summed E-state index contributed by atoms with van der Waals surface area (Å²) in [5.41, 5.74) is 8.16. The van der Waals surface area contributed by atoms with Crippen molar-refractivity contribution in [1.82, 2.24) is 0 Å². The lowest BCUT2D eigenvalue weighted by atomic mass is 9.70. The summed E-state index contributed by atoms with van der Waals surface area (Å²) in [4.78, 5) is 1.36. The second kappa shape index (κ2) is 4.10. The van der Waals surface area contributed by atoms with Crippen LogP contribution in [0.4, 0.5) is 5.00 Å². The number of aryl methyl sites for hydroxylation is 1. The molecule has 0 aliphatic heterocycles. The summed E-state index contributed by atoms with van der Waals surface area (Å²) < 4.78 is 0. The molecule has 2 nitrogen and oxygen atoms in total. The number of fused-ring (bicyclic) bond motifs is 1. The Morgan fingerprint density at radius 2 is 2.31 bits per heavy atom. The van der Waals surface area contributed by atoms with E-state index in [9.17, 15) is 5.26 Å². The van der Waals surface area contributed by atoms with E-state index >= 15 is 0 Å². The zero-order chi connectivity index (χ0) is 11.8. The Labute approximate surface area is 101 Å². The largest absolute Gasteiger partial charge is 0.389 e. The first-order valence-electron chi connectivity index (χ1n) is 5.94. The van der Waals surface area contributed by atoms with E-state index in [2.05, 4.69) is 19.9 Å². The quantitative estimate of drug-likeness (QED) is 0.850. The van der Waals surface area contributed by atoms with Gasteiger partial charge in [-0.1, -0.05) is 20.3 Å². The molecule has 1 aliphatic carbocycles. The van der Waals surface area contributed by atoms with Crippen LogP contribution in [-0.2, 0) is 11.8 Å². The predicted octanol–water partition coefficient (Wildman–Crippen LogP) is 3.60. The van der Waals surface area contributed by atoms with Crippen LogP contribution in [0, 0.1) is 11.3 Å². The van der Waals surface area contributed by atoms with Crippen molar-refractivity contribution in [2.45, 2.75) is 51.4 Å². The van der Waals surface area contributed by atoms with Crippen LogP contribution in [0.25, 0.3) is 0 Å². The molecule has 0 spiro atoms. The fourth-order valence-electron chi connectivity index (χ4n) is 2.99.